The van der Waals surface area contributed by atoms with Crippen LogP contribution in [0.15, 0.2) is 6.07 Å². The van der Waals surface area contributed by atoms with E-state index in [1.165, 1.54) is 27.9 Å². The predicted molar refractivity (Wildman–Crippen MR) is 64.3 cm³/mol. The van der Waals surface area contributed by atoms with Crippen LogP contribution in [0.1, 0.15) is 29.2 Å². The summed E-state index contributed by atoms with van der Waals surface area (Å²) in [7, 11) is 2.15. The van der Waals surface area contributed by atoms with Crippen molar-refractivity contribution in [2.24, 2.45) is 0 Å². The fourth-order valence-electron chi connectivity index (χ4n) is 1.76. The van der Waals surface area contributed by atoms with Gasteiger partial charge in [0.1, 0.15) is 0 Å². The first kappa shape index (κ1) is 11.1. The Kier molecular flexibility index (Phi) is 3.20. The third-order valence-electron chi connectivity index (χ3n) is 3.34. The van der Waals surface area contributed by atoms with Crippen molar-refractivity contribution in [1.29, 1.82) is 0 Å². The summed E-state index contributed by atoms with van der Waals surface area (Å²) in [6, 6.07) is 2.29. The smallest absolute Gasteiger partial charge is 0.0398 e. The Labute approximate surface area is 87.7 Å². The van der Waals surface area contributed by atoms with Crippen molar-refractivity contribution in [2.75, 3.05) is 18.5 Å². The standard InChI is InChI=1S/C13H21N/c1-7-14(6)13-8-9(2)10(3)11(4)12(13)5/h8H,7H2,1-6H3. The quantitative estimate of drug-likeness (QED) is 0.692. The van der Waals surface area contributed by atoms with E-state index in [1.54, 1.807) is 0 Å². The summed E-state index contributed by atoms with van der Waals surface area (Å²) in [4.78, 5) is 2.30. The van der Waals surface area contributed by atoms with Crippen LogP contribution < -0.4 is 4.90 Å². The molecule has 78 valence electrons. The van der Waals surface area contributed by atoms with E-state index in [-0.39, 0.29) is 0 Å². The van der Waals surface area contributed by atoms with Gasteiger partial charge in [0.2, 0.25) is 0 Å². The minimum Gasteiger partial charge on any atom is -0.375 e. The van der Waals surface area contributed by atoms with Crippen LogP contribution in [-0.4, -0.2) is 13.6 Å². The summed E-state index contributed by atoms with van der Waals surface area (Å²) in [5.74, 6) is 0. The van der Waals surface area contributed by atoms with E-state index in [9.17, 15) is 0 Å². The van der Waals surface area contributed by atoms with Gasteiger partial charge in [-0.1, -0.05) is 0 Å². The number of nitrogens with zero attached hydrogens (tertiary/aromatic N) is 1. The second-order valence-corrected chi connectivity index (χ2v) is 4.10. The van der Waals surface area contributed by atoms with Gasteiger partial charge in [-0.3, -0.25) is 0 Å². The van der Waals surface area contributed by atoms with E-state index in [0.717, 1.165) is 6.54 Å². The maximum atomic E-state index is 2.30. The molecule has 0 aliphatic heterocycles. The molecule has 14 heavy (non-hydrogen) atoms. The van der Waals surface area contributed by atoms with Gasteiger partial charge in [-0.15, -0.1) is 0 Å². The van der Waals surface area contributed by atoms with Crippen molar-refractivity contribution in [3.63, 3.8) is 0 Å². The van der Waals surface area contributed by atoms with Gasteiger partial charge >= 0.3 is 0 Å². The number of rotatable bonds is 2. The first-order valence-electron chi connectivity index (χ1n) is 5.27. The molecule has 0 N–H and O–H groups in total. The topological polar surface area (TPSA) is 3.24 Å². The molecule has 0 aromatic heterocycles. The number of hydrogen-bond acceptors (Lipinski definition) is 1. The first-order chi connectivity index (χ1) is 6.49. The zero-order valence-electron chi connectivity index (χ0n) is 10.2. The molecule has 1 rings (SSSR count). The van der Waals surface area contributed by atoms with Crippen LogP contribution in [0.25, 0.3) is 0 Å². The SMILES string of the molecule is CCN(C)c1cc(C)c(C)c(C)c1C. The highest BCUT2D eigenvalue weighted by atomic mass is 15.1. The molecule has 0 bridgehead atoms. The molecule has 1 nitrogen and oxygen atoms in total. The molecule has 0 aliphatic rings. The van der Waals surface area contributed by atoms with Gasteiger partial charge < -0.3 is 4.90 Å². The lowest BCUT2D eigenvalue weighted by atomic mass is 9.97. The maximum Gasteiger partial charge on any atom is 0.0398 e. The highest BCUT2D eigenvalue weighted by Crippen LogP contribution is 2.27. The molecule has 0 fully saturated rings. The van der Waals surface area contributed by atoms with Crippen LogP contribution in [0, 0.1) is 27.7 Å². The van der Waals surface area contributed by atoms with Crippen LogP contribution >= 0.6 is 0 Å². The van der Waals surface area contributed by atoms with Crippen LogP contribution in [0.4, 0.5) is 5.69 Å². The summed E-state index contributed by atoms with van der Waals surface area (Å²) in [6.07, 6.45) is 0. The van der Waals surface area contributed by atoms with Crippen molar-refractivity contribution < 1.29 is 0 Å². The molecule has 1 aromatic rings. The lowest BCUT2D eigenvalue weighted by Gasteiger charge is -2.22. The first-order valence-corrected chi connectivity index (χ1v) is 5.27. The summed E-state index contributed by atoms with van der Waals surface area (Å²) in [5, 5.41) is 0. The highest BCUT2D eigenvalue weighted by Gasteiger charge is 2.08. The molecule has 0 unspecified atom stereocenters. The Balaban J connectivity index is 3.33. The molecule has 0 amide bonds. The van der Waals surface area contributed by atoms with Crippen LogP contribution in [0.2, 0.25) is 0 Å². The van der Waals surface area contributed by atoms with E-state index < -0.39 is 0 Å². The van der Waals surface area contributed by atoms with E-state index in [1.807, 2.05) is 0 Å². The molecule has 0 saturated carbocycles. The zero-order valence-corrected chi connectivity index (χ0v) is 10.2. The molecule has 1 heteroatoms. The molecule has 1 aromatic carbocycles. The third-order valence-corrected chi connectivity index (χ3v) is 3.34. The lowest BCUT2D eigenvalue weighted by Crippen LogP contribution is -2.17. The van der Waals surface area contributed by atoms with Crippen molar-refractivity contribution in [1.82, 2.24) is 0 Å². The summed E-state index contributed by atoms with van der Waals surface area (Å²) < 4.78 is 0. The van der Waals surface area contributed by atoms with Gasteiger partial charge in [-0.05, 0) is 62.9 Å². The fourth-order valence-corrected chi connectivity index (χ4v) is 1.76. The minimum absolute atomic E-state index is 1.06. The van der Waals surface area contributed by atoms with Gasteiger partial charge in [0.25, 0.3) is 0 Å². The van der Waals surface area contributed by atoms with Gasteiger partial charge in [0.05, 0.1) is 0 Å². The number of anilines is 1. The zero-order chi connectivity index (χ0) is 10.9. The van der Waals surface area contributed by atoms with Crippen LogP contribution in [0.3, 0.4) is 0 Å². The monoisotopic (exact) mass is 191 g/mol. The highest BCUT2D eigenvalue weighted by molar-refractivity contribution is 5.60. The Morgan fingerprint density at radius 2 is 1.57 bits per heavy atom. The molecule has 0 radical (unpaired) electrons. The molecular formula is C13H21N. The molecule has 0 aliphatic carbocycles. The molecule has 0 saturated heterocycles. The van der Waals surface area contributed by atoms with Crippen molar-refractivity contribution in [2.45, 2.75) is 34.6 Å². The van der Waals surface area contributed by atoms with Gasteiger partial charge in [0.15, 0.2) is 0 Å². The number of hydrogen-bond donors (Lipinski definition) is 0. The van der Waals surface area contributed by atoms with E-state index in [2.05, 4.69) is 52.6 Å². The molecule has 0 heterocycles. The van der Waals surface area contributed by atoms with Gasteiger partial charge in [-0.2, -0.15) is 0 Å². The average Bonchev–Trinajstić information content (AvgIpc) is 2.19. The summed E-state index contributed by atoms with van der Waals surface area (Å²) in [6.45, 7) is 12.1. The third kappa shape index (κ3) is 1.77. The minimum atomic E-state index is 1.06. The maximum absolute atomic E-state index is 2.30. The molecular weight excluding hydrogens is 170 g/mol. The molecule has 0 atom stereocenters. The number of aryl methyl sites for hydroxylation is 1. The van der Waals surface area contributed by atoms with Crippen molar-refractivity contribution in [3.05, 3.63) is 28.3 Å². The summed E-state index contributed by atoms with van der Waals surface area (Å²) >= 11 is 0. The largest absolute Gasteiger partial charge is 0.375 e. The van der Waals surface area contributed by atoms with Crippen LogP contribution in [0.5, 0.6) is 0 Å². The average molecular weight is 191 g/mol. The second-order valence-electron chi connectivity index (χ2n) is 4.10. The van der Waals surface area contributed by atoms with Crippen molar-refractivity contribution >= 4 is 5.69 Å². The lowest BCUT2D eigenvalue weighted by molar-refractivity contribution is 0.954. The summed E-state index contributed by atoms with van der Waals surface area (Å²) in [5.41, 5.74) is 7.03. The van der Waals surface area contributed by atoms with E-state index in [4.69, 9.17) is 0 Å². The predicted octanol–water partition coefficient (Wildman–Crippen LogP) is 3.38. The Morgan fingerprint density at radius 1 is 1.00 bits per heavy atom. The number of benzene rings is 1. The Hall–Kier alpha value is -0.980. The van der Waals surface area contributed by atoms with Crippen molar-refractivity contribution in [3.8, 4) is 0 Å². The molecule has 0 spiro atoms. The van der Waals surface area contributed by atoms with Gasteiger partial charge in [0, 0.05) is 19.3 Å². The Bertz CT molecular complexity index is 340. The van der Waals surface area contributed by atoms with Gasteiger partial charge in [-0.25, -0.2) is 0 Å². The normalized spacial score (nSPS) is 10.4. The Morgan fingerprint density at radius 3 is 2.07 bits per heavy atom. The fraction of sp³-hybridized carbons (Fsp3) is 0.538. The van der Waals surface area contributed by atoms with E-state index >= 15 is 0 Å². The second kappa shape index (κ2) is 4.04. The van der Waals surface area contributed by atoms with Crippen LogP contribution in [-0.2, 0) is 0 Å². The van der Waals surface area contributed by atoms with E-state index in [0.29, 0.717) is 0 Å².